The van der Waals surface area contributed by atoms with Crippen LogP contribution in [0.3, 0.4) is 0 Å². The van der Waals surface area contributed by atoms with Gasteiger partial charge in [0.1, 0.15) is 17.3 Å². The van der Waals surface area contributed by atoms with Crippen LogP contribution >= 0.6 is 15.9 Å². The predicted molar refractivity (Wildman–Crippen MR) is 113 cm³/mol. The summed E-state index contributed by atoms with van der Waals surface area (Å²) in [4.78, 5) is 30.2. The molecule has 0 spiro atoms. The molecule has 0 saturated heterocycles. The van der Waals surface area contributed by atoms with Gasteiger partial charge >= 0.3 is 6.09 Å². The number of alkyl carbamates (subject to hydrolysis) is 1. The second kappa shape index (κ2) is 10.6. The number of oxime groups is 1. The fourth-order valence-corrected chi connectivity index (χ4v) is 3.25. The molecule has 0 bridgehead atoms. The predicted octanol–water partition coefficient (Wildman–Crippen LogP) is 3.14. The quantitative estimate of drug-likeness (QED) is 0.634. The van der Waals surface area contributed by atoms with Crippen molar-refractivity contribution in [2.24, 2.45) is 5.16 Å². The van der Waals surface area contributed by atoms with Crippen molar-refractivity contribution in [2.75, 3.05) is 6.54 Å². The molecule has 1 aliphatic heterocycles. The Morgan fingerprint density at radius 1 is 1.10 bits per heavy atom. The van der Waals surface area contributed by atoms with Crippen LogP contribution in [0.1, 0.15) is 17.5 Å². The van der Waals surface area contributed by atoms with Crippen molar-refractivity contribution in [1.29, 1.82) is 0 Å². The normalized spacial score (nSPS) is 16.3. The highest BCUT2D eigenvalue weighted by molar-refractivity contribution is 9.18. The molecule has 0 fully saturated rings. The number of rotatable bonds is 8. The fourth-order valence-electron chi connectivity index (χ4n) is 2.81. The zero-order chi connectivity index (χ0) is 20.5. The Kier molecular flexibility index (Phi) is 7.63. The van der Waals surface area contributed by atoms with Crippen LogP contribution in [0.2, 0.25) is 0 Å². The van der Waals surface area contributed by atoms with Crippen LogP contribution in [-0.4, -0.2) is 35.3 Å². The van der Waals surface area contributed by atoms with Gasteiger partial charge in [0.25, 0.3) is 0 Å². The van der Waals surface area contributed by atoms with Gasteiger partial charge < -0.3 is 20.2 Å². The van der Waals surface area contributed by atoms with E-state index in [1.165, 1.54) is 0 Å². The maximum absolute atomic E-state index is 12.7. The molecule has 1 heterocycles. The van der Waals surface area contributed by atoms with E-state index in [4.69, 9.17) is 9.57 Å². The molecular formula is C21H22BrN3O4. The lowest BCUT2D eigenvalue weighted by atomic mass is 10.1. The van der Waals surface area contributed by atoms with Gasteiger partial charge in [0, 0.05) is 12.8 Å². The van der Waals surface area contributed by atoms with Crippen LogP contribution in [0.5, 0.6) is 0 Å². The van der Waals surface area contributed by atoms with Crippen LogP contribution in [0.25, 0.3) is 0 Å². The Morgan fingerprint density at radius 2 is 1.76 bits per heavy atom. The SMILES string of the molecule is O=C(NC(Cc1ccccc1)C(=O)NC[C@H]1CC(Br)=NO1)OCc1ccccc1. The number of hydrogen-bond donors (Lipinski definition) is 2. The lowest BCUT2D eigenvalue weighted by Gasteiger charge is -2.19. The molecule has 3 rings (SSSR count). The summed E-state index contributed by atoms with van der Waals surface area (Å²) >= 11 is 3.27. The Hall–Kier alpha value is -2.87. The topological polar surface area (TPSA) is 89.0 Å². The number of carbonyl (C=O) groups is 2. The van der Waals surface area contributed by atoms with E-state index in [9.17, 15) is 9.59 Å². The summed E-state index contributed by atoms with van der Waals surface area (Å²) in [6.07, 6.45) is 0.0681. The van der Waals surface area contributed by atoms with Crippen LogP contribution in [-0.2, 0) is 27.4 Å². The summed E-state index contributed by atoms with van der Waals surface area (Å²) in [6.45, 7) is 0.428. The van der Waals surface area contributed by atoms with Gasteiger partial charge in [-0.25, -0.2) is 4.79 Å². The monoisotopic (exact) mass is 459 g/mol. The van der Waals surface area contributed by atoms with Crippen LogP contribution in [0, 0.1) is 0 Å². The number of hydrogen-bond acceptors (Lipinski definition) is 5. The minimum atomic E-state index is -0.772. The van der Waals surface area contributed by atoms with E-state index in [1.807, 2.05) is 60.7 Å². The number of nitrogens with zero attached hydrogens (tertiary/aromatic N) is 1. The average Bonchev–Trinajstić information content (AvgIpc) is 3.17. The standard InChI is InChI=1S/C21H22BrN3O4/c22-19-12-17(29-25-19)13-23-20(26)18(11-15-7-3-1-4-8-15)24-21(27)28-14-16-9-5-2-6-10-16/h1-10,17-18H,11-14H2,(H,23,26)(H,24,27)/t17-,18?/m1/s1. The molecule has 2 amide bonds. The van der Waals surface area contributed by atoms with Gasteiger partial charge in [0.2, 0.25) is 5.91 Å². The highest BCUT2D eigenvalue weighted by Crippen LogP contribution is 2.13. The van der Waals surface area contributed by atoms with Gasteiger partial charge in [-0.15, -0.1) is 0 Å². The Morgan fingerprint density at radius 3 is 2.38 bits per heavy atom. The third-order valence-electron chi connectivity index (χ3n) is 4.30. The van der Waals surface area contributed by atoms with Gasteiger partial charge in [-0.05, 0) is 27.1 Å². The maximum Gasteiger partial charge on any atom is 0.408 e. The highest BCUT2D eigenvalue weighted by atomic mass is 79.9. The van der Waals surface area contributed by atoms with Gasteiger partial charge in [-0.1, -0.05) is 65.8 Å². The first-order chi connectivity index (χ1) is 14.1. The first-order valence-electron chi connectivity index (χ1n) is 9.27. The Balaban J connectivity index is 1.56. The van der Waals surface area contributed by atoms with Gasteiger partial charge in [0.15, 0.2) is 6.10 Å². The molecule has 2 aromatic carbocycles. The minimum Gasteiger partial charge on any atom is -0.445 e. The number of benzene rings is 2. The molecule has 1 aliphatic rings. The van der Waals surface area contributed by atoms with E-state index < -0.39 is 12.1 Å². The molecule has 2 aromatic rings. The van der Waals surface area contributed by atoms with Gasteiger partial charge in [0.05, 0.1) is 6.54 Å². The number of halogens is 1. The lowest BCUT2D eigenvalue weighted by molar-refractivity contribution is -0.123. The first-order valence-corrected chi connectivity index (χ1v) is 10.1. The lowest BCUT2D eigenvalue weighted by Crippen LogP contribution is -2.49. The molecule has 29 heavy (non-hydrogen) atoms. The summed E-state index contributed by atoms with van der Waals surface area (Å²) in [5.74, 6) is -0.308. The first kappa shape index (κ1) is 20.9. The van der Waals surface area contributed by atoms with E-state index in [-0.39, 0.29) is 18.6 Å². The van der Waals surface area contributed by atoms with E-state index in [0.717, 1.165) is 11.1 Å². The summed E-state index contributed by atoms with van der Waals surface area (Å²) in [6, 6.07) is 18.1. The Bertz CT molecular complexity index is 846. The molecule has 0 aromatic heterocycles. The smallest absolute Gasteiger partial charge is 0.408 e. The molecule has 8 heteroatoms. The molecular weight excluding hydrogens is 438 g/mol. The zero-order valence-electron chi connectivity index (χ0n) is 15.7. The van der Waals surface area contributed by atoms with Crippen LogP contribution in [0.4, 0.5) is 4.79 Å². The summed E-state index contributed by atoms with van der Waals surface area (Å²) in [7, 11) is 0. The number of ether oxygens (including phenoxy) is 1. The average molecular weight is 460 g/mol. The van der Waals surface area contributed by atoms with Crippen molar-refractivity contribution in [1.82, 2.24) is 10.6 Å². The van der Waals surface area contributed by atoms with E-state index in [2.05, 4.69) is 31.7 Å². The maximum atomic E-state index is 12.7. The van der Waals surface area contributed by atoms with Gasteiger partial charge in [-0.3, -0.25) is 4.79 Å². The zero-order valence-corrected chi connectivity index (χ0v) is 17.3. The van der Waals surface area contributed by atoms with Crippen molar-refractivity contribution in [2.45, 2.75) is 31.6 Å². The molecule has 0 saturated carbocycles. The van der Waals surface area contributed by atoms with Crippen LogP contribution in [0.15, 0.2) is 65.8 Å². The summed E-state index contributed by atoms with van der Waals surface area (Å²) in [5.41, 5.74) is 1.80. The van der Waals surface area contributed by atoms with Crippen molar-refractivity contribution < 1.29 is 19.2 Å². The third-order valence-corrected chi connectivity index (χ3v) is 4.77. The number of amides is 2. The molecule has 0 radical (unpaired) electrons. The van der Waals surface area contributed by atoms with E-state index in [0.29, 0.717) is 24.0 Å². The van der Waals surface area contributed by atoms with Crippen LogP contribution < -0.4 is 10.6 Å². The van der Waals surface area contributed by atoms with Crippen molar-refractivity contribution >= 4 is 32.6 Å². The number of carbonyl (C=O) groups excluding carboxylic acids is 2. The molecule has 2 atom stereocenters. The molecule has 0 aliphatic carbocycles. The van der Waals surface area contributed by atoms with Gasteiger partial charge in [-0.2, -0.15) is 0 Å². The van der Waals surface area contributed by atoms with Crippen molar-refractivity contribution in [3.8, 4) is 0 Å². The van der Waals surface area contributed by atoms with Crippen molar-refractivity contribution in [3.05, 3.63) is 71.8 Å². The van der Waals surface area contributed by atoms with E-state index in [1.54, 1.807) is 0 Å². The third kappa shape index (κ3) is 6.90. The number of nitrogens with one attached hydrogen (secondary N) is 2. The highest BCUT2D eigenvalue weighted by Gasteiger charge is 2.25. The summed E-state index contributed by atoms with van der Waals surface area (Å²) < 4.78 is 5.97. The Labute approximate surface area is 177 Å². The summed E-state index contributed by atoms with van der Waals surface area (Å²) in [5, 5.41) is 9.29. The van der Waals surface area contributed by atoms with Crippen molar-refractivity contribution in [3.63, 3.8) is 0 Å². The molecule has 1 unspecified atom stereocenters. The molecule has 2 N–H and O–H groups in total. The van der Waals surface area contributed by atoms with E-state index >= 15 is 0 Å². The second-order valence-electron chi connectivity index (χ2n) is 6.59. The largest absolute Gasteiger partial charge is 0.445 e. The molecule has 152 valence electrons. The molecule has 7 nitrogen and oxygen atoms in total. The second-order valence-corrected chi connectivity index (χ2v) is 7.51. The fraction of sp³-hybridized carbons (Fsp3) is 0.286. The minimum absolute atomic E-state index is 0.133.